The minimum atomic E-state index is -0.280. The number of benzene rings is 1. The van der Waals surface area contributed by atoms with E-state index in [1.807, 2.05) is 12.4 Å². The number of amidine groups is 1. The monoisotopic (exact) mass is 266 g/mol. The third-order valence-electron chi connectivity index (χ3n) is 4.00. The molecule has 1 atom stereocenters. The Bertz CT molecular complexity index is 698. The first-order chi connectivity index (χ1) is 9.76. The molecule has 0 fully saturated rings. The van der Waals surface area contributed by atoms with Gasteiger partial charge in [-0.05, 0) is 16.7 Å². The molecule has 0 saturated heterocycles. The Kier molecular flexibility index (Phi) is 2.30. The Balaban J connectivity index is 1.76. The van der Waals surface area contributed by atoms with Gasteiger partial charge in [0, 0.05) is 30.8 Å². The van der Waals surface area contributed by atoms with Crippen LogP contribution in [0.15, 0.2) is 41.9 Å². The fourth-order valence-electron chi connectivity index (χ4n) is 3.14. The summed E-state index contributed by atoms with van der Waals surface area (Å²) in [7, 11) is 0. The highest BCUT2D eigenvalue weighted by Gasteiger charge is 2.43. The standard InChI is InChI=1S/C15H14N4O/c16-14-19-8-15(20-14)4-10-2-1-3-12(13(10)5-15)11-6-17-9-18-7-11/h1-3,6-7,9H,4-5,8H2,(H2,16,19)/t15-/m1/s1. The lowest BCUT2D eigenvalue weighted by Crippen LogP contribution is -2.35. The molecule has 2 heterocycles. The number of hydrogen-bond donors (Lipinski definition) is 1. The normalized spacial score (nSPS) is 23.5. The van der Waals surface area contributed by atoms with Crippen molar-refractivity contribution in [3.05, 3.63) is 48.0 Å². The summed E-state index contributed by atoms with van der Waals surface area (Å²) >= 11 is 0. The van der Waals surface area contributed by atoms with E-state index in [9.17, 15) is 0 Å². The van der Waals surface area contributed by atoms with E-state index in [1.54, 1.807) is 6.33 Å². The maximum absolute atomic E-state index is 5.78. The van der Waals surface area contributed by atoms with E-state index >= 15 is 0 Å². The largest absolute Gasteiger partial charge is 0.456 e. The van der Waals surface area contributed by atoms with E-state index in [0.717, 1.165) is 18.4 Å². The smallest absolute Gasteiger partial charge is 0.282 e. The summed E-state index contributed by atoms with van der Waals surface area (Å²) in [6.45, 7) is 0.637. The van der Waals surface area contributed by atoms with Gasteiger partial charge in [-0.25, -0.2) is 15.0 Å². The van der Waals surface area contributed by atoms with Crippen molar-refractivity contribution < 1.29 is 4.74 Å². The van der Waals surface area contributed by atoms with Gasteiger partial charge >= 0.3 is 0 Å². The van der Waals surface area contributed by atoms with Crippen molar-refractivity contribution in [1.82, 2.24) is 9.97 Å². The summed E-state index contributed by atoms with van der Waals surface area (Å²) in [5.74, 6) is 0. The van der Waals surface area contributed by atoms with E-state index in [0.29, 0.717) is 12.6 Å². The highest BCUT2D eigenvalue weighted by atomic mass is 16.5. The van der Waals surface area contributed by atoms with Crippen LogP contribution < -0.4 is 5.73 Å². The molecule has 1 aliphatic heterocycles. The SMILES string of the molecule is NC1=NC[C@]2(Cc3cccc(-c4cncnc4)c3C2)O1. The Morgan fingerprint density at radius 3 is 2.75 bits per heavy atom. The predicted molar refractivity (Wildman–Crippen MR) is 75.2 cm³/mol. The van der Waals surface area contributed by atoms with Gasteiger partial charge in [0.25, 0.3) is 6.02 Å². The zero-order valence-corrected chi connectivity index (χ0v) is 10.9. The predicted octanol–water partition coefficient (Wildman–Crippen LogP) is 1.33. The van der Waals surface area contributed by atoms with Gasteiger partial charge in [0.15, 0.2) is 0 Å². The van der Waals surface area contributed by atoms with Gasteiger partial charge in [-0.15, -0.1) is 0 Å². The summed E-state index contributed by atoms with van der Waals surface area (Å²) in [6, 6.07) is 6.63. The lowest BCUT2D eigenvalue weighted by atomic mass is 9.97. The second kappa shape index (κ2) is 4.03. The minimum Gasteiger partial charge on any atom is -0.456 e. The molecular weight excluding hydrogens is 252 g/mol. The number of ether oxygens (including phenoxy) is 1. The first kappa shape index (κ1) is 11.4. The number of aliphatic imine (C=N–C) groups is 1. The molecule has 0 unspecified atom stereocenters. The summed E-state index contributed by atoms with van der Waals surface area (Å²) < 4.78 is 5.78. The fraction of sp³-hybridized carbons (Fsp3) is 0.267. The number of rotatable bonds is 1. The molecule has 0 radical (unpaired) electrons. The van der Waals surface area contributed by atoms with Crippen LogP contribution in [0.1, 0.15) is 11.1 Å². The Hall–Kier alpha value is -2.43. The maximum Gasteiger partial charge on any atom is 0.282 e. The van der Waals surface area contributed by atoms with Gasteiger partial charge < -0.3 is 10.5 Å². The Labute approximate surface area is 116 Å². The minimum absolute atomic E-state index is 0.280. The van der Waals surface area contributed by atoms with Crippen LogP contribution in [-0.4, -0.2) is 28.1 Å². The zero-order valence-electron chi connectivity index (χ0n) is 10.9. The molecule has 20 heavy (non-hydrogen) atoms. The van der Waals surface area contributed by atoms with Crippen LogP contribution in [0.2, 0.25) is 0 Å². The summed E-state index contributed by atoms with van der Waals surface area (Å²) in [5.41, 5.74) is 10.2. The quantitative estimate of drug-likeness (QED) is 0.845. The van der Waals surface area contributed by atoms with E-state index in [4.69, 9.17) is 10.5 Å². The van der Waals surface area contributed by atoms with E-state index in [1.165, 1.54) is 16.7 Å². The van der Waals surface area contributed by atoms with Gasteiger partial charge in [0.05, 0.1) is 6.54 Å². The van der Waals surface area contributed by atoms with Crippen molar-refractivity contribution in [2.75, 3.05) is 6.54 Å². The molecule has 2 aromatic rings. The van der Waals surface area contributed by atoms with Crippen molar-refractivity contribution in [3.8, 4) is 11.1 Å². The van der Waals surface area contributed by atoms with E-state index < -0.39 is 0 Å². The summed E-state index contributed by atoms with van der Waals surface area (Å²) in [4.78, 5) is 12.4. The Morgan fingerprint density at radius 1 is 1.15 bits per heavy atom. The van der Waals surface area contributed by atoms with Crippen molar-refractivity contribution in [1.29, 1.82) is 0 Å². The molecule has 2 aliphatic rings. The van der Waals surface area contributed by atoms with Crippen molar-refractivity contribution >= 4 is 6.02 Å². The molecule has 1 aliphatic carbocycles. The fourth-order valence-corrected chi connectivity index (χ4v) is 3.14. The topological polar surface area (TPSA) is 73.4 Å². The lowest BCUT2D eigenvalue weighted by molar-refractivity contribution is 0.0977. The molecule has 5 heteroatoms. The number of hydrogen-bond acceptors (Lipinski definition) is 5. The third kappa shape index (κ3) is 1.66. The Morgan fingerprint density at radius 2 is 2.00 bits per heavy atom. The summed E-state index contributed by atoms with van der Waals surface area (Å²) in [6.07, 6.45) is 6.91. The van der Waals surface area contributed by atoms with Crippen LogP contribution in [0.5, 0.6) is 0 Å². The maximum atomic E-state index is 5.78. The molecule has 1 aromatic heterocycles. The molecular formula is C15H14N4O. The number of aromatic nitrogens is 2. The van der Waals surface area contributed by atoms with Gasteiger partial charge in [-0.1, -0.05) is 18.2 Å². The second-order valence-corrected chi connectivity index (χ2v) is 5.36. The van der Waals surface area contributed by atoms with Crippen molar-refractivity contribution in [2.24, 2.45) is 10.7 Å². The first-order valence-electron chi connectivity index (χ1n) is 6.61. The van der Waals surface area contributed by atoms with Crippen LogP contribution in [0, 0.1) is 0 Å². The molecule has 0 saturated carbocycles. The van der Waals surface area contributed by atoms with Crippen LogP contribution >= 0.6 is 0 Å². The zero-order chi connectivity index (χ0) is 13.6. The lowest BCUT2D eigenvalue weighted by Gasteiger charge is -2.21. The first-order valence-corrected chi connectivity index (χ1v) is 6.61. The third-order valence-corrected chi connectivity index (χ3v) is 4.00. The highest BCUT2D eigenvalue weighted by molar-refractivity contribution is 5.75. The van der Waals surface area contributed by atoms with Gasteiger partial charge in [-0.3, -0.25) is 0 Å². The number of nitrogens with zero attached hydrogens (tertiary/aromatic N) is 3. The van der Waals surface area contributed by atoms with E-state index in [-0.39, 0.29) is 5.60 Å². The van der Waals surface area contributed by atoms with Crippen LogP contribution in [-0.2, 0) is 17.6 Å². The van der Waals surface area contributed by atoms with E-state index in [2.05, 4.69) is 33.2 Å². The molecule has 2 N–H and O–H groups in total. The average Bonchev–Trinajstić information content (AvgIpc) is 3.01. The van der Waals surface area contributed by atoms with Crippen molar-refractivity contribution in [2.45, 2.75) is 18.4 Å². The number of fused-ring (bicyclic) bond motifs is 1. The average molecular weight is 266 g/mol. The highest BCUT2D eigenvalue weighted by Crippen LogP contribution is 2.40. The molecule has 1 spiro atoms. The van der Waals surface area contributed by atoms with Gasteiger partial charge in [-0.2, -0.15) is 0 Å². The number of nitrogens with two attached hydrogens (primary N) is 1. The molecule has 100 valence electrons. The summed E-state index contributed by atoms with van der Waals surface area (Å²) in [5, 5.41) is 0. The van der Waals surface area contributed by atoms with Gasteiger partial charge in [0.1, 0.15) is 11.9 Å². The van der Waals surface area contributed by atoms with Gasteiger partial charge in [0.2, 0.25) is 0 Å². The molecule has 0 amide bonds. The molecule has 4 rings (SSSR count). The van der Waals surface area contributed by atoms with Crippen LogP contribution in [0.25, 0.3) is 11.1 Å². The van der Waals surface area contributed by atoms with Crippen LogP contribution in [0.4, 0.5) is 0 Å². The van der Waals surface area contributed by atoms with Crippen molar-refractivity contribution in [3.63, 3.8) is 0 Å². The molecule has 5 nitrogen and oxygen atoms in total. The van der Waals surface area contributed by atoms with Crippen LogP contribution in [0.3, 0.4) is 0 Å². The second-order valence-electron chi connectivity index (χ2n) is 5.36. The molecule has 0 bridgehead atoms. The molecule has 1 aromatic carbocycles.